The van der Waals surface area contributed by atoms with Crippen LogP contribution in [0.15, 0.2) is 0 Å². The minimum atomic E-state index is 0.357. The van der Waals surface area contributed by atoms with E-state index in [1.165, 1.54) is 25.7 Å². The first-order chi connectivity index (χ1) is 6.66. The van der Waals surface area contributed by atoms with Crippen LogP contribution in [0.5, 0.6) is 0 Å². The molecule has 0 rings (SSSR count). The highest BCUT2D eigenvalue weighted by Crippen LogP contribution is 2.04. The van der Waals surface area contributed by atoms with Crippen LogP contribution in [0.1, 0.15) is 59.3 Å². The van der Waals surface area contributed by atoms with Crippen LogP contribution in [0.4, 0.5) is 0 Å². The first-order valence-electron chi connectivity index (χ1n) is 5.92. The molecule has 0 aromatic carbocycles. The molecular weight excluding hydrogens is 174 g/mol. The van der Waals surface area contributed by atoms with Gasteiger partial charge >= 0.3 is 0 Å². The van der Waals surface area contributed by atoms with Crippen LogP contribution in [0.2, 0.25) is 0 Å². The smallest absolute Gasteiger partial charge is 0.146 e. The van der Waals surface area contributed by atoms with Gasteiger partial charge in [0.1, 0.15) is 5.78 Å². The van der Waals surface area contributed by atoms with Crippen molar-refractivity contribution in [2.75, 3.05) is 6.54 Å². The molecule has 84 valence electrons. The number of carbonyl (C=O) groups excluding carboxylic acids is 1. The van der Waals surface area contributed by atoms with Crippen molar-refractivity contribution in [3.05, 3.63) is 0 Å². The normalized spacial score (nSPS) is 10.9. The van der Waals surface area contributed by atoms with Crippen molar-refractivity contribution in [1.82, 2.24) is 5.32 Å². The Kier molecular flexibility index (Phi) is 8.95. The highest BCUT2D eigenvalue weighted by Gasteiger charge is 2.01. The van der Waals surface area contributed by atoms with Gasteiger partial charge in [0.05, 0.1) is 6.54 Å². The third kappa shape index (κ3) is 9.72. The molecule has 0 aliphatic carbocycles. The van der Waals surface area contributed by atoms with E-state index < -0.39 is 0 Å². The van der Waals surface area contributed by atoms with Crippen molar-refractivity contribution in [3.8, 4) is 0 Å². The lowest BCUT2D eigenvalue weighted by Gasteiger charge is -2.06. The van der Waals surface area contributed by atoms with Gasteiger partial charge in [-0.3, -0.25) is 4.79 Å². The summed E-state index contributed by atoms with van der Waals surface area (Å²) in [5, 5.41) is 3.15. The van der Waals surface area contributed by atoms with Crippen molar-refractivity contribution >= 4 is 5.78 Å². The summed E-state index contributed by atoms with van der Waals surface area (Å²) in [6.45, 7) is 6.88. The van der Waals surface area contributed by atoms with Crippen molar-refractivity contribution in [2.45, 2.75) is 65.3 Å². The Balaban J connectivity index is 3.18. The lowest BCUT2D eigenvalue weighted by atomic mass is 10.1. The number of hydrogen-bond acceptors (Lipinski definition) is 2. The van der Waals surface area contributed by atoms with Crippen molar-refractivity contribution in [2.24, 2.45) is 0 Å². The summed E-state index contributed by atoms with van der Waals surface area (Å²) in [5.41, 5.74) is 0. The van der Waals surface area contributed by atoms with Crippen LogP contribution in [-0.2, 0) is 4.79 Å². The van der Waals surface area contributed by atoms with Crippen molar-refractivity contribution in [3.63, 3.8) is 0 Å². The van der Waals surface area contributed by atoms with Crippen LogP contribution in [0.25, 0.3) is 0 Å². The molecule has 0 aliphatic heterocycles. The van der Waals surface area contributed by atoms with Crippen LogP contribution in [0, 0.1) is 0 Å². The van der Waals surface area contributed by atoms with E-state index in [0.29, 0.717) is 18.4 Å². The average Bonchev–Trinajstić information content (AvgIpc) is 2.14. The molecule has 14 heavy (non-hydrogen) atoms. The number of rotatable bonds is 9. The summed E-state index contributed by atoms with van der Waals surface area (Å²) < 4.78 is 0. The molecule has 0 spiro atoms. The molecule has 0 bridgehead atoms. The summed E-state index contributed by atoms with van der Waals surface area (Å²) in [5.74, 6) is 0.357. The third-order valence-electron chi connectivity index (χ3n) is 2.27. The number of hydrogen-bond donors (Lipinski definition) is 1. The number of ketones is 1. The lowest BCUT2D eigenvalue weighted by Crippen LogP contribution is -2.28. The fourth-order valence-electron chi connectivity index (χ4n) is 1.33. The van der Waals surface area contributed by atoms with Gasteiger partial charge in [-0.1, -0.05) is 46.5 Å². The van der Waals surface area contributed by atoms with Gasteiger partial charge in [0.2, 0.25) is 0 Å². The number of unbranched alkanes of at least 4 members (excludes halogenated alkanes) is 4. The molecule has 0 unspecified atom stereocenters. The van der Waals surface area contributed by atoms with E-state index in [1.807, 2.05) is 0 Å². The molecule has 1 N–H and O–H groups in total. The number of nitrogens with one attached hydrogen (secondary N) is 1. The van der Waals surface area contributed by atoms with E-state index in [2.05, 4.69) is 26.1 Å². The zero-order valence-electron chi connectivity index (χ0n) is 9.94. The molecule has 0 fully saturated rings. The second-order valence-corrected chi connectivity index (χ2v) is 4.24. The molecule has 0 aromatic rings. The summed E-state index contributed by atoms with van der Waals surface area (Å²) in [6, 6.07) is 0.416. The van der Waals surface area contributed by atoms with Gasteiger partial charge < -0.3 is 5.32 Å². The second-order valence-electron chi connectivity index (χ2n) is 4.24. The Morgan fingerprint density at radius 2 is 1.79 bits per heavy atom. The first-order valence-corrected chi connectivity index (χ1v) is 5.92. The monoisotopic (exact) mass is 199 g/mol. The highest BCUT2D eigenvalue weighted by atomic mass is 16.1. The van der Waals surface area contributed by atoms with Gasteiger partial charge in [0.25, 0.3) is 0 Å². The Morgan fingerprint density at radius 1 is 1.14 bits per heavy atom. The second kappa shape index (κ2) is 9.20. The molecule has 0 saturated heterocycles. The minimum Gasteiger partial charge on any atom is -0.308 e. The van der Waals surface area contributed by atoms with E-state index in [-0.39, 0.29) is 0 Å². The van der Waals surface area contributed by atoms with Gasteiger partial charge in [-0.05, 0) is 6.42 Å². The Labute approximate surface area is 88.5 Å². The fraction of sp³-hybridized carbons (Fsp3) is 0.917. The maximum atomic E-state index is 11.3. The van der Waals surface area contributed by atoms with Gasteiger partial charge in [-0.15, -0.1) is 0 Å². The summed E-state index contributed by atoms with van der Waals surface area (Å²) in [7, 11) is 0. The van der Waals surface area contributed by atoms with E-state index in [4.69, 9.17) is 0 Å². The zero-order chi connectivity index (χ0) is 10.8. The SMILES string of the molecule is CCCCCCCC(=O)CNC(C)C. The molecule has 0 saturated carbocycles. The highest BCUT2D eigenvalue weighted by molar-refractivity contribution is 5.80. The molecule has 0 aromatic heterocycles. The lowest BCUT2D eigenvalue weighted by molar-refractivity contribution is -0.118. The largest absolute Gasteiger partial charge is 0.308 e. The fourth-order valence-corrected chi connectivity index (χ4v) is 1.33. The van der Waals surface area contributed by atoms with Gasteiger partial charge in [0, 0.05) is 12.5 Å². The van der Waals surface area contributed by atoms with Crippen LogP contribution >= 0.6 is 0 Å². The van der Waals surface area contributed by atoms with E-state index >= 15 is 0 Å². The van der Waals surface area contributed by atoms with Crippen LogP contribution < -0.4 is 5.32 Å². The third-order valence-corrected chi connectivity index (χ3v) is 2.27. The molecule has 0 amide bonds. The predicted octanol–water partition coefficient (Wildman–Crippen LogP) is 2.91. The minimum absolute atomic E-state index is 0.357. The van der Waals surface area contributed by atoms with Crippen LogP contribution in [-0.4, -0.2) is 18.4 Å². The number of carbonyl (C=O) groups is 1. The van der Waals surface area contributed by atoms with E-state index in [0.717, 1.165) is 12.8 Å². The molecule has 0 atom stereocenters. The molecule has 0 heterocycles. The Hall–Kier alpha value is -0.370. The number of Topliss-reactive ketones (excluding diaryl/α,β-unsaturated/α-hetero) is 1. The summed E-state index contributed by atoms with van der Waals surface area (Å²) >= 11 is 0. The van der Waals surface area contributed by atoms with Crippen molar-refractivity contribution in [1.29, 1.82) is 0 Å². The standard InChI is InChI=1S/C12H25NO/c1-4-5-6-7-8-9-12(14)10-13-11(2)3/h11,13H,4-10H2,1-3H3. The molecule has 2 heteroatoms. The van der Waals surface area contributed by atoms with Gasteiger partial charge in [0.15, 0.2) is 0 Å². The molecule has 0 aliphatic rings. The van der Waals surface area contributed by atoms with Gasteiger partial charge in [-0.2, -0.15) is 0 Å². The average molecular weight is 199 g/mol. The maximum Gasteiger partial charge on any atom is 0.146 e. The van der Waals surface area contributed by atoms with Crippen LogP contribution in [0.3, 0.4) is 0 Å². The summed E-state index contributed by atoms with van der Waals surface area (Å²) in [4.78, 5) is 11.3. The quantitative estimate of drug-likeness (QED) is 0.578. The van der Waals surface area contributed by atoms with E-state index in [1.54, 1.807) is 0 Å². The van der Waals surface area contributed by atoms with E-state index in [9.17, 15) is 4.79 Å². The van der Waals surface area contributed by atoms with Gasteiger partial charge in [-0.25, -0.2) is 0 Å². The maximum absolute atomic E-state index is 11.3. The first kappa shape index (κ1) is 13.6. The topological polar surface area (TPSA) is 29.1 Å². The molecule has 0 radical (unpaired) electrons. The Morgan fingerprint density at radius 3 is 2.36 bits per heavy atom. The zero-order valence-corrected chi connectivity index (χ0v) is 9.94. The van der Waals surface area contributed by atoms with Crippen molar-refractivity contribution < 1.29 is 4.79 Å². The molecule has 2 nitrogen and oxygen atoms in total. The predicted molar refractivity (Wildman–Crippen MR) is 61.5 cm³/mol. The molecular formula is C12H25NO. The Bertz CT molecular complexity index is 143. The summed E-state index contributed by atoms with van der Waals surface area (Å²) in [6.07, 6.45) is 6.88.